The van der Waals surface area contributed by atoms with Crippen molar-refractivity contribution in [2.45, 2.75) is 25.4 Å². The third kappa shape index (κ3) is 3.41. The van der Waals surface area contributed by atoms with E-state index in [1.807, 2.05) is 6.07 Å². The van der Waals surface area contributed by atoms with E-state index in [0.717, 1.165) is 9.13 Å². The molecule has 8 heteroatoms. The van der Waals surface area contributed by atoms with E-state index in [9.17, 15) is 18.0 Å². The van der Waals surface area contributed by atoms with Gasteiger partial charge < -0.3 is 10.1 Å². The summed E-state index contributed by atoms with van der Waals surface area (Å²) in [5.41, 5.74) is 0.803. The van der Waals surface area contributed by atoms with Gasteiger partial charge in [-0.15, -0.1) is 0 Å². The Morgan fingerprint density at radius 2 is 2.19 bits per heavy atom. The number of hydrogen-bond donors (Lipinski definition) is 1. The fraction of sp³-hybridized carbons (Fsp3) is 0.538. The molecule has 2 rings (SSSR count). The number of methoxy groups -OCH3 is 1. The number of halogens is 4. The fourth-order valence-electron chi connectivity index (χ4n) is 2.43. The first-order valence-corrected chi connectivity index (χ1v) is 7.41. The van der Waals surface area contributed by atoms with Gasteiger partial charge >= 0.3 is 6.18 Å². The van der Waals surface area contributed by atoms with Crippen molar-refractivity contribution in [2.75, 3.05) is 19.0 Å². The molecule has 4 nitrogen and oxygen atoms in total. The summed E-state index contributed by atoms with van der Waals surface area (Å²) in [4.78, 5) is 15.7. The number of fused-ring (bicyclic) bond motifs is 1. The predicted molar refractivity (Wildman–Crippen MR) is 79.6 cm³/mol. The van der Waals surface area contributed by atoms with Crippen LogP contribution >= 0.6 is 22.6 Å². The normalized spacial score (nSPS) is 22.0. The molecule has 116 valence electrons. The maximum atomic E-state index is 12.6. The van der Waals surface area contributed by atoms with Gasteiger partial charge in [-0.2, -0.15) is 18.2 Å². The number of ether oxygens (including phenoxy) is 1. The van der Waals surface area contributed by atoms with Gasteiger partial charge in [0.2, 0.25) is 11.7 Å². The minimum atomic E-state index is -4.80. The number of aromatic nitrogens is 1. The van der Waals surface area contributed by atoms with E-state index in [0.29, 0.717) is 11.7 Å². The minimum absolute atomic E-state index is 0.0770. The highest BCUT2D eigenvalue weighted by molar-refractivity contribution is 14.1. The SMILES string of the molecule is COc1nc2c(cc1I)C(C)CC(C(=O)C(F)(F)F)CN2. The van der Waals surface area contributed by atoms with Crippen LogP contribution in [-0.2, 0) is 4.79 Å². The molecule has 1 N–H and O–H groups in total. The number of rotatable bonds is 2. The number of alkyl halides is 3. The number of ketones is 1. The van der Waals surface area contributed by atoms with E-state index in [1.54, 1.807) is 6.92 Å². The lowest BCUT2D eigenvalue weighted by Gasteiger charge is -2.17. The average molecular weight is 414 g/mol. The molecule has 0 aromatic carbocycles. The second-order valence-electron chi connectivity index (χ2n) is 4.99. The summed E-state index contributed by atoms with van der Waals surface area (Å²) >= 11 is 2.06. The Morgan fingerprint density at radius 3 is 2.76 bits per heavy atom. The second kappa shape index (κ2) is 5.98. The molecule has 2 heterocycles. The molecule has 1 aromatic heterocycles. The largest absolute Gasteiger partial charge is 0.480 e. The van der Waals surface area contributed by atoms with Crippen molar-refractivity contribution in [1.29, 1.82) is 0 Å². The molecule has 0 radical (unpaired) electrons. The van der Waals surface area contributed by atoms with Crippen LogP contribution in [0.15, 0.2) is 6.07 Å². The number of Topliss-reactive ketones (excluding diaryl/α,β-unsaturated/α-hetero) is 1. The zero-order chi connectivity index (χ0) is 15.8. The molecule has 1 aliphatic rings. The highest BCUT2D eigenvalue weighted by atomic mass is 127. The number of anilines is 1. The Balaban J connectivity index is 2.31. The Morgan fingerprint density at radius 1 is 1.52 bits per heavy atom. The molecular formula is C13H14F3IN2O2. The van der Waals surface area contributed by atoms with Crippen molar-refractivity contribution in [3.63, 3.8) is 0 Å². The molecule has 1 aliphatic heterocycles. The van der Waals surface area contributed by atoms with Crippen molar-refractivity contribution >= 4 is 34.2 Å². The van der Waals surface area contributed by atoms with Crippen LogP contribution < -0.4 is 10.1 Å². The first kappa shape index (κ1) is 16.3. The Kier molecular flexibility index (Phi) is 4.64. The summed E-state index contributed by atoms with van der Waals surface area (Å²) in [5, 5.41) is 2.85. The maximum Gasteiger partial charge on any atom is 0.450 e. The lowest BCUT2D eigenvalue weighted by atomic mass is 9.89. The average Bonchev–Trinajstić information content (AvgIpc) is 2.56. The van der Waals surface area contributed by atoms with Crippen LogP contribution in [0, 0.1) is 9.49 Å². The van der Waals surface area contributed by atoms with Crippen molar-refractivity contribution in [2.24, 2.45) is 5.92 Å². The molecule has 0 saturated carbocycles. The van der Waals surface area contributed by atoms with Gasteiger partial charge in [-0.1, -0.05) is 6.92 Å². The molecule has 1 aromatic rings. The second-order valence-corrected chi connectivity index (χ2v) is 6.16. The molecule has 0 aliphatic carbocycles. The van der Waals surface area contributed by atoms with Crippen molar-refractivity contribution in [1.82, 2.24) is 4.98 Å². The van der Waals surface area contributed by atoms with E-state index < -0.39 is 17.9 Å². The summed E-state index contributed by atoms with van der Waals surface area (Å²) in [7, 11) is 1.48. The Labute approximate surface area is 133 Å². The van der Waals surface area contributed by atoms with E-state index in [-0.39, 0.29) is 18.9 Å². The monoisotopic (exact) mass is 414 g/mol. The van der Waals surface area contributed by atoms with Crippen LogP contribution in [0.2, 0.25) is 0 Å². The van der Waals surface area contributed by atoms with Crippen LogP contribution in [0.5, 0.6) is 5.88 Å². The molecule has 0 bridgehead atoms. The van der Waals surface area contributed by atoms with Crippen molar-refractivity contribution in [3.8, 4) is 5.88 Å². The summed E-state index contributed by atoms with van der Waals surface area (Å²) < 4.78 is 43.7. The molecule has 0 saturated heterocycles. The Hall–Kier alpha value is -1.06. The zero-order valence-electron chi connectivity index (χ0n) is 11.4. The number of nitrogens with zero attached hydrogens (tertiary/aromatic N) is 1. The lowest BCUT2D eigenvalue weighted by Crippen LogP contribution is -2.34. The quantitative estimate of drug-likeness (QED) is 0.755. The number of hydrogen-bond acceptors (Lipinski definition) is 4. The smallest absolute Gasteiger partial charge is 0.450 e. The number of carbonyl (C=O) groups excluding carboxylic acids is 1. The topological polar surface area (TPSA) is 51.2 Å². The molecule has 2 atom stereocenters. The molecule has 2 unspecified atom stereocenters. The summed E-state index contributed by atoms with van der Waals surface area (Å²) in [6.07, 6.45) is -4.66. The number of nitrogens with one attached hydrogen (secondary N) is 1. The summed E-state index contributed by atoms with van der Waals surface area (Å²) in [5.74, 6) is -2.08. The molecule has 0 fully saturated rings. The maximum absolute atomic E-state index is 12.6. The number of pyridine rings is 1. The molecule has 0 amide bonds. The standard InChI is InChI=1S/C13H14F3IN2O2/c1-6-3-7(10(20)13(14,15)16)5-18-11-8(6)4-9(17)12(19-11)21-2/h4,6-7H,3,5H2,1-2H3,(H,18,19). The third-order valence-corrected chi connectivity index (χ3v) is 4.27. The number of carbonyl (C=O) groups is 1. The molecule has 21 heavy (non-hydrogen) atoms. The summed E-state index contributed by atoms with van der Waals surface area (Å²) in [6, 6.07) is 1.83. The fourth-order valence-corrected chi connectivity index (χ4v) is 3.11. The van der Waals surface area contributed by atoms with E-state index >= 15 is 0 Å². The van der Waals surface area contributed by atoms with Gasteiger partial charge in [0.05, 0.1) is 10.7 Å². The first-order chi connectivity index (χ1) is 9.74. The lowest BCUT2D eigenvalue weighted by molar-refractivity contribution is -0.175. The highest BCUT2D eigenvalue weighted by Crippen LogP contribution is 2.37. The predicted octanol–water partition coefficient (Wildman–Crippen LogP) is 3.36. The van der Waals surface area contributed by atoms with Crippen molar-refractivity contribution < 1.29 is 22.7 Å². The van der Waals surface area contributed by atoms with Crippen LogP contribution in [0.3, 0.4) is 0 Å². The van der Waals surface area contributed by atoms with Gasteiger partial charge in [0.1, 0.15) is 5.82 Å². The highest BCUT2D eigenvalue weighted by Gasteiger charge is 2.44. The third-order valence-electron chi connectivity index (χ3n) is 3.50. The van der Waals surface area contributed by atoms with E-state index in [2.05, 4.69) is 32.9 Å². The van der Waals surface area contributed by atoms with Gasteiger partial charge in [-0.05, 0) is 46.6 Å². The van der Waals surface area contributed by atoms with Gasteiger partial charge in [-0.25, -0.2) is 0 Å². The minimum Gasteiger partial charge on any atom is -0.480 e. The van der Waals surface area contributed by atoms with Gasteiger partial charge in [0.15, 0.2) is 0 Å². The molecule has 0 spiro atoms. The van der Waals surface area contributed by atoms with E-state index in [1.165, 1.54) is 7.11 Å². The van der Waals surface area contributed by atoms with Crippen LogP contribution in [0.4, 0.5) is 19.0 Å². The van der Waals surface area contributed by atoms with Crippen LogP contribution in [0.1, 0.15) is 24.8 Å². The van der Waals surface area contributed by atoms with Gasteiger partial charge in [0.25, 0.3) is 0 Å². The van der Waals surface area contributed by atoms with Gasteiger partial charge in [0, 0.05) is 12.5 Å². The first-order valence-electron chi connectivity index (χ1n) is 6.33. The van der Waals surface area contributed by atoms with Crippen LogP contribution in [-0.4, -0.2) is 30.6 Å². The summed E-state index contributed by atoms with van der Waals surface area (Å²) in [6.45, 7) is 1.72. The molecular weight excluding hydrogens is 400 g/mol. The Bertz CT molecular complexity index is 563. The van der Waals surface area contributed by atoms with Crippen molar-refractivity contribution in [3.05, 3.63) is 15.2 Å². The zero-order valence-corrected chi connectivity index (χ0v) is 13.6. The van der Waals surface area contributed by atoms with Gasteiger partial charge in [-0.3, -0.25) is 4.79 Å². The van der Waals surface area contributed by atoms with Crippen LogP contribution in [0.25, 0.3) is 0 Å². The van der Waals surface area contributed by atoms with E-state index in [4.69, 9.17) is 4.74 Å².